The maximum atomic E-state index is 13.4. The molecule has 1 amide bonds. The number of amides is 1. The van der Waals surface area contributed by atoms with Crippen molar-refractivity contribution in [2.75, 3.05) is 0 Å². The molecule has 1 atom stereocenters. The van der Waals surface area contributed by atoms with Gasteiger partial charge in [-0.1, -0.05) is 33.5 Å². The second-order valence-corrected chi connectivity index (χ2v) is 6.71. The average molecular weight is 386 g/mol. The molecule has 27 heavy (non-hydrogen) atoms. The number of nitrogens with zero attached hydrogens (tertiary/aromatic N) is 2. The molecule has 0 saturated heterocycles. The quantitative estimate of drug-likeness (QED) is 0.398. The van der Waals surface area contributed by atoms with E-state index in [4.69, 9.17) is 11.1 Å². The van der Waals surface area contributed by atoms with Gasteiger partial charge in [-0.15, -0.1) is 0 Å². The average Bonchev–Trinajstić information content (AvgIpc) is 3.04. The number of hydrogen-bond donors (Lipinski definition) is 2. The summed E-state index contributed by atoms with van der Waals surface area (Å²) in [6, 6.07) is 12.5. The van der Waals surface area contributed by atoms with E-state index in [2.05, 4.69) is 4.99 Å². The molecule has 3 aromatic rings. The fraction of sp³-hybridized carbons (Fsp3) is 0.105. The van der Waals surface area contributed by atoms with Crippen LogP contribution >= 0.6 is 9.24 Å². The number of aromatic nitrogens is 1. The molecule has 0 aliphatic carbocycles. The number of benzene rings is 2. The van der Waals surface area contributed by atoms with Crippen LogP contribution in [0.2, 0.25) is 0 Å². The first kappa shape index (κ1) is 18.9. The molecule has 3 N–H and O–H groups in total. The highest BCUT2D eigenvalue weighted by Gasteiger charge is 2.25. The number of nitrogens with one attached hydrogen (secondary N) is 1. The zero-order chi connectivity index (χ0) is 19.6. The summed E-state index contributed by atoms with van der Waals surface area (Å²) >= 11 is 0. The van der Waals surface area contributed by atoms with Gasteiger partial charge in [-0.3, -0.25) is 4.79 Å². The molecule has 0 aliphatic rings. The SMILES string of the molecule is N=Cc1cccc2c1ccn2CC(N)=NC(=O)c1cccc(C(F)(F)P)c1. The zero-order valence-electron chi connectivity index (χ0n) is 14.2. The lowest BCUT2D eigenvalue weighted by molar-refractivity contribution is 0.0996. The number of aliphatic imine (C=N–C) groups is 1. The van der Waals surface area contributed by atoms with Crippen molar-refractivity contribution in [3.63, 3.8) is 0 Å². The van der Waals surface area contributed by atoms with E-state index >= 15 is 0 Å². The van der Waals surface area contributed by atoms with Gasteiger partial charge in [-0.25, -0.2) is 0 Å². The Morgan fingerprint density at radius 1 is 1.26 bits per heavy atom. The van der Waals surface area contributed by atoms with Gasteiger partial charge in [0.15, 0.2) is 0 Å². The normalized spacial score (nSPS) is 12.3. The minimum Gasteiger partial charge on any atom is -0.386 e. The van der Waals surface area contributed by atoms with E-state index < -0.39 is 11.6 Å². The monoisotopic (exact) mass is 386 g/mol. The Labute approximate surface area is 156 Å². The molecule has 0 saturated carbocycles. The third-order valence-corrected chi connectivity index (χ3v) is 4.41. The van der Waals surface area contributed by atoms with Gasteiger partial charge in [0, 0.05) is 40.0 Å². The standard InChI is InChI=1S/C19H17F2N4OP/c20-19(21,27)14-5-1-3-12(9-14)18(26)24-17(23)11-25-8-7-15-13(10-22)4-2-6-16(15)25/h1-10,22H,11,27H2,(H2,23,24,26). The van der Waals surface area contributed by atoms with Gasteiger partial charge in [0.2, 0.25) is 0 Å². The number of halogens is 2. The maximum absolute atomic E-state index is 13.4. The summed E-state index contributed by atoms with van der Waals surface area (Å²) in [5.74, 6) is -0.624. The van der Waals surface area contributed by atoms with Gasteiger partial charge in [0.25, 0.3) is 11.6 Å². The topological polar surface area (TPSA) is 84.2 Å². The molecule has 5 nitrogen and oxygen atoms in total. The van der Waals surface area contributed by atoms with E-state index in [-0.39, 0.29) is 23.5 Å². The van der Waals surface area contributed by atoms with Crippen LogP contribution < -0.4 is 5.73 Å². The van der Waals surface area contributed by atoms with Crippen LogP contribution in [0.15, 0.2) is 59.7 Å². The Morgan fingerprint density at radius 2 is 2.00 bits per heavy atom. The van der Waals surface area contributed by atoms with Crippen molar-refractivity contribution in [1.82, 2.24) is 4.57 Å². The summed E-state index contributed by atoms with van der Waals surface area (Å²) in [4.78, 5) is 16.1. The van der Waals surface area contributed by atoms with E-state index in [1.807, 2.05) is 28.8 Å². The van der Waals surface area contributed by atoms with Crippen LogP contribution in [0.3, 0.4) is 0 Å². The largest absolute Gasteiger partial charge is 0.386 e. The first-order chi connectivity index (χ1) is 12.8. The molecule has 138 valence electrons. The Bertz CT molecular complexity index is 1050. The first-order valence-corrected chi connectivity index (χ1v) is 8.60. The van der Waals surface area contributed by atoms with Crippen molar-refractivity contribution < 1.29 is 13.6 Å². The van der Waals surface area contributed by atoms with Crippen molar-refractivity contribution >= 4 is 38.1 Å². The molecule has 1 aromatic heterocycles. The van der Waals surface area contributed by atoms with Crippen molar-refractivity contribution in [2.24, 2.45) is 10.7 Å². The summed E-state index contributed by atoms with van der Waals surface area (Å²) < 4.78 is 28.6. The fourth-order valence-electron chi connectivity index (χ4n) is 2.78. The highest BCUT2D eigenvalue weighted by molar-refractivity contribution is 7.17. The molecule has 1 heterocycles. The van der Waals surface area contributed by atoms with Gasteiger partial charge in [-0.2, -0.15) is 13.8 Å². The molecule has 0 fully saturated rings. The predicted molar refractivity (Wildman–Crippen MR) is 106 cm³/mol. The third kappa shape index (κ3) is 4.09. The number of alkyl halides is 2. The number of hydrogen-bond acceptors (Lipinski definition) is 2. The lowest BCUT2D eigenvalue weighted by Crippen LogP contribution is -2.21. The molecular formula is C19H17F2N4OP. The highest BCUT2D eigenvalue weighted by Crippen LogP contribution is 2.35. The highest BCUT2D eigenvalue weighted by atomic mass is 31.0. The van der Waals surface area contributed by atoms with Crippen LogP contribution in [0.1, 0.15) is 21.5 Å². The molecule has 1 unspecified atom stereocenters. The van der Waals surface area contributed by atoms with Crippen LogP contribution in [0.5, 0.6) is 0 Å². The summed E-state index contributed by atoms with van der Waals surface area (Å²) in [5.41, 5.74) is 4.15. The first-order valence-electron chi connectivity index (χ1n) is 8.02. The minimum atomic E-state index is -3.12. The van der Waals surface area contributed by atoms with Gasteiger partial charge in [-0.05, 0) is 24.3 Å². The predicted octanol–water partition coefficient (Wildman–Crippen LogP) is 3.76. The van der Waals surface area contributed by atoms with E-state index in [0.717, 1.165) is 22.5 Å². The number of amidine groups is 1. The number of carbonyl (C=O) groups excluding carboxylic acids is 1. The molecule has 0 radical (unpaired) electrons. The zero-order valence-corrected chi connectivity index (χ0v) is 15.3. The van der Waals surface area contributed by atoms with Crippen LogP contribution in [-0.2, 0) is 12.2 Å². The smallest absolute Gasteiger partial charge is 0.283 e. The lowest BCUT2D eigenvalue weighted by Gasteiger charge is -2.11. The molecule has 3 rings (SSSR count). The van der Waals surface area contributed by atoms with Gasteiger partial charge in [0.05, 0.1) is 6.54 Å². The molecular weight excluding hydrogens is 369 g/mol. The summed E-state index contributed by atoms with van der Waals surface area (Å²) in [6.45, 7) is 0.163. The van der Waals surface area contributed by atoms with E-state index in [1.165, 1.54) is 33.7 Å². The lowest BCUT2D eigenvalue weighted by atomic mass is 10.1. The van der Waals surface area contributed by atoms with Gasteiger partial charge in [0.1, 0.15) is 5.84 Å². The van der Waals surface area contributed by atoms with Crippen molar-refractivity contribution in [1.29, 1.82) is 5.41 Å². The molecule has 0 bridgehead atoms. The van der Waals surface area contributed by atoms with Crippen LogP contribution in [0.25, 0.3) is 10.9 Å². The Balaban J connectivity index is 1.84. The molecule has 8 heteroatoms. The fourth-order valence-corrected chi connectivity index (χ4v) is 2.95. The third-order valence-electron chi connectivity index (χ3n) is 4.07. The maximum Gasteiger partial charge on any atom is 0.283 e. The molecule has 0 spiro atoms. The second-order valence-electron chi connectivity index (χ2n) is 5.98. The van der Waals surface area contributed by atoms with Crippen LogP contribution in [0.4, 0.5) is 8.78 Å². The van der Waals surface area contributed by atoms with Crippen LogP contribution in [0, 0.1) is 5.41 Å². The number of nitrogens with two attached hydrogens (primary N) is 1. The van der Waals surface area contributed by atoms with Crippen molar-refractivity contribution in [3.05, 3.63) is 71.4 Å². The van der Waals surface area contributed by atoms with E-state index in [0.29, 0.717) is 0 Å². The molecule has 0 aliphatic heterocycles. The minimum absolute atomic E-state index is 0.0426. The Hall–Kier alpha value is -2.92. The van der Waals surface area contributed by atoms with Crippen LogP contribution in [-0.4, -0.2) is 22.5 Å². The second kappa shape index (κ2) is 7.37. The Morgan fingerprint density at radius 3 is 2.70 bits per heavy atom. The van der Waals surface area contributed by atoms with E-state index in [1.54, 1.807) is 6.20 Å². The van der Waals surface area contributed by atoms with E-state index in [9.17, 15) is 13.6 Å². The van der Waals surface area contributed by atoms with Crippen molar-refractivity contribution in [3.8, 4) is 0 Å². The summed E-state index contributed by atoms with van der Waals surface area (Å²) in [7, 11) is 1.44. The number of rotatable bonds is 5. The van der Waals surface area contributed by atoms with Gasteiger partial charge >= 0.3 is 0 Å². The van der Waals surface area contributed by atoms with Crippen molar-refractivity contribution in [2.45, 2.75) is 12.2 Å². The molecule has 2 aromatic carbocycles. The Kier molecular flexibility index (Phi) is 5.15. The van der Waals surface area contributed by atoms with Gasteiger partial charge < -0.3 is 15.7 Å². The number of carbonyl (C=O) groups is 1. The number of fused-ring (bicyclic) bond motifs is 1. The summed E-state index contributed by atoms with van der Waals surface area (Å²) in [6.07, 6.45) is 3.06. The summed E-state index contributed by atoms with van der Waals surface area (Å²) in [5, 5.41) is 8.33.